The van der Waals surface area contributed by atoms with Crippen LogP contribution in [-0.2, 0) is 10.0 Å². The Hall–Kier alpha value is -2.52. The smallest absolute Gasteiger partial charge is 0.254 e. The first kappa shape index (κ1) is 23.1. The van der Waals surface area contributed by atoms with E-state index < -0.39 is 10.0 Å². The van der Waals surface area contributed by atoms with E-state index in [0.29, 0.717) is 50.4 Å². The highest BCUT2D eigenvalue weighted by molar-refractivity contribution is 7.89. The topological polar surface area (TPSA) is 86.7 Å². The molecule has 0 atom stereocenters. The Balaban J connectivity index is 1.77. The predicted molar refractivity (Wildman–Crippen MR) is 121 cm³/mol. The summed E-state index contributed by atoms with van der Waals surface area (Å²) in [6.45, 7) is 12.4. The molecule has 2 heterocycles. The average Bonchev–Trinajstić information content (AvgIpc) is 2.73. The van der Waals surface area contributed by atoms with Crippen LogP contribution in [0.4, 0.5) is 5.82 Å². The van der Waals surface area contributed by atoms with Crippen LogP contribution >= 0.6 is 0 Å². The first-order valence-electron chi connectivity index (χ1n) is 10.6. The number of rotatable bonds is 6. The molecule has 0 aliphatic carbocycles. The van der Waals surface area contributed by atoms with E-state index >= 15 is 0 Å². The van der Waals surface area contributed by atoms with E-state index in [4.69, 9.17) is 0 Å². The summed E-state index contributed by atoms with van der Waals surface area (Å²) in [6, 6.07) is 6.90. The summed E-state index contributed by atoms with van der Waals surface area (Å²) >= 11 is 0. The summed E-state index contributed by atoms with van der Waals surface area (Å²) in [6.07, 6.45) is 0. The molecule has 0 bridgehead atoms. The van der Waals surface area contributed by atoms with Crippen LogP contribution in [0.15, 0.2) is 29.2 Å². The van der Waals surface area contributed by atoms with Gasteiger partial charge in [-0.1, -0.05) is 19.9 Å². The number of hydrogen-bond donors (Lipinski definition) is 0. The van der Waals surface area contributed by atoms with Crippen molar-refractivity contribution in [3.8, 4) is 0 Å². The lowest BCUT2D eigenvalue weighted by Gasteiger charge is -2.35. The first-order chi connectivity index (χ1) is 14.7. The van der Waals surface area contributed by atoms with Gasteiger partial charge in [0.15, 0.2) is 0 Å². The van der Waals surface area contributed by atoms with Crippen LogP contribution in [0, 0.1) is 20.8 Å². The van der Waals surface area contributed by atoms with Gasteiger partial charge in [0.05, 0.1) is 4.90 Å². The molecular formula is C22H31N5O3S. The highest BCUT2D eigenvalue weighted by atomic mass is 32.2. The number of aromatic nitrogens is 2. The van der Waals surface area contributed by atoms with Crippen LogP contribution in [-0.4, -0.2) is 72.8 Å². The molecule has 1 aromatic carbocycles. The molecular weight excluding hydrogens is 414 g/mol. The summed E-state index contributed by atoms with van der Waals surface area (Å²) in [4.78, 5) is 26.1. The predicted octanol–water partition coefficient (Wildman–Crippen LogP) is 2.39. The van der Waals surface area contributed by atoms with Crippen molar-refractivity contribution in [2.75, 3.05) is 44.2 Å². The van der Waals surface area contributed by atoms with Crippen molar-refractivity contribution in [3.05, 3.63) is 46.9 Å². The third kappa shape index (κ3) is 4.88. The van der Waals surface area contributed by atoms with Gasteiger partial charge in [0.25, 0.3) is 5.91 Å². The van der Waals surface area contributed by atoms with E-state index in [0.717, 1.165) is 17.3 Å². The monoisotopic (exact) mass is 445 g/mol. The van der Waals surface area contributed by atoms with Crippen molar-refractivity contribution in [1.29, 1.82) is 0 Å². The maximum absolute atomic E-state index is 13.1. The van der Waals surface area contributed by atoms with Crippen molar-refractivity contribution in [1.82, 2.24) is 19.2 Å². The first-order valence-corrected chi connectivity index (χ1v) is 12.1. The number of amides is 1. The van der Waals surface area contributed by atoms with Gasteiger partial charge in [0.1, 0.15) is 11.6 Å². The van der Waals surface area contributed by atoms with Crippen molar-refractivity contribution in [2.45, 2.75) is 39.5 Å². The molecule has 1 saturated heterocycles. The Labute approximate surface area is 185 Å². The van der Waals surface area contributed by atoms with Gasteiger partial charge in [-0.25, -0.2) is 18.4 Å². The zero-order valence-electron chi connectivity index (χ0n) is 18.9. The molecule has 1 aliphatic rings. The highest BCUT2D eigenvalue weighted by Crippen LogP contribution is 2.23. The maximum Gasteiger partial charge on any atom is 0.254 e. The summed E-state index contributed by atoms with van der Waals surface area (Å²) in [7, 11) is -3.63. The van der Waals surface area contributed by atoms with Crippen molar-refractivity contribution >= 4 is 21.7 Å². The quantitative estimate of drug-likeness (QED) is 0.679. The van der Waals surface area contributed by atoms with Crippen LogP contribution in [0.3, 0.4) is 0 Å². The number of aryl methyl sites for hydroxylation is 3. The van der Waals surface area contributed by atoms with Gasteiger partial charge in [0, 0.05) is 56.6 Å². The normalized spacial score (nSPS) is 14.9. The van der Waals surface area contributed by atoms with E-state index in [2.05, 4.69) is 14.9 Å². The Bertz CT molecular complexity index is 1040. The number of anilines is 1. The van der Waals surface area contributed by atoms with Gasteiger partial charge in [-0.15, -0.1) is 0 Å². The third-order valence-electron chi connectivity index (χ3n) is 5.60. The Morgan fingerprint density at radius 2 is 1.65 bits per heavy atom. The zero-order chi connectivity index (χ0) is 22.8. The molecule has 0 radical (unpaired) electrons. The number of carbonyl (C=O) groups is 1. The fourth-order valence-electron chi connectivity index (χ4n) is 3.89. The largest absolute Gasteiger partial charge is 0.353 e. The number of carbonyl (C=O) groups excluding carboxylic acids is 1. The van der Waals surface area contributed by atoms with E-state index in [1.807, 2.05) is 33.8 Å². The minimum Gasteiger partial charge on any atom is -0.353 e. The van der Waals surface area contributed by atoms with E-state index in [1.54, 1.807) is 24.0 Å². The molecule has 1 aliphatic heterocycles. The number of nitrogens with zero attached hydrogens (tertiary/aromatic N) is 5. The van der Waals surface area contributed by atoms with Crippen molar-refractivity contribution in [2.24, 2.45) is 0 Å². The van der Waals surface area contributed by atoms with Crippen LogP contribution in [0.2, 0.25) is 0 Å². The zero-order valence-corrected chi connectivity index (χ0v) is 19.7. The van der Waals surface area contributed by atoms with Crippen molar-refractivity contribution in [3.63, 3.8) is 0 Å². The summed E-state index contributed by atoms with van der Waals surface area (Å²) in [5.74, 6) is 1.46. The number of sulfonamides is 1. The van der Waals surface area contributed by atoms with E-state index in [1.165, 1.54) is 10.4 Å². The SMILES string of the molecule is CCN(CC)S(=O)(=O)c1cc(C(=O)N2CCN(c3cc(C)nc(C)n3)CC2)ccc1C. The Morgan fingerprint density at radius 3 is 2.23 bits per heavy atom. The lowest BCUT2D eigenvalue weighted by Crippen LogP contribution is -2.49. The standard InChI is InChI=1S/C22H31N5O3S/c1-6-27(7-2)31(29,30)20-15-19(9-8-16(20)3)22(28)26-12-10-25(11-13-26)21-14-17(4)23-18(5)24-21/h8-9,14-15H,6-7,10-13H2,1-5H3. The lowest BCUT2D eigenvalue weighted by atomic mass is 10.1. The molecule has 2 aromatic rings. The molecule has 0 spiro atoms. The molecule has 9 heteroatoms. The summed E-state index contributed by atoms with van der Waals surface area (Å²) < 4.78 is 27.4. The van der Waals surface area contributed by atoms with Gasteiger partial charge in [-0.05, 0) is 38.5 Å². The molecule has 1 aromatic heterocycles. The van der Waals surface area contributed by atoms with E-state index in [-0.39, 0.29) is 10.8 Å². The van der Waals surface area contributed by atoms with Crippen LogP contribution in [0.25, 0.3) is 0 Å². The summed E-state index contributed by atoms with van der Waals surface area (Å²) in [5.41, 5.74) is 1.96. The maximum atomic E-state index is 13.1. The fraction of sp³-hybridized carbons (Fsp3) is 0.500. The molecule has 31 heavy (non-hydrogen) atoms. The number of piperazine rings is 1. The van der Waals surface area contributed by atoms with Crippen LogP contribution in [0.1, 0.15) is 41.3 Å². The van der Waals surface area contributed by atoms with Gasteiger partial charge < -0.3 is 9.80 Å². The van der Waals surface area contributed by atoms with Crippen molar-refractivity contribution < 1.29 is 13.2 Å². The Morgan fingerprint density at radius 1 is 1.00 bits per heavy atom. The third-order valence-corrected chi connectivity index (χ3v) is 7.79. The Kier molecular flexibility index (Phi) is 6.96. The fourth-order valence-corrected chi connectivity index (χ4v) is 5.60. The molecule has 1 amide bonds. The highest BCUT2D eigenvalue weighted by Gasteiger charge is 2.27. The van der Waals surface area contributed by atoms with Gasteiger partial charge in [0.2, 0.25) is 10.0 Å². The molecule has 0 N–H and O–H groups in total. The molecule has 3 rings (SSSR count). The molecule has 0 unspecified atom stereocenters. The van der Waals surface area contributed by atoms with Gasteiger partial charge in [-0.3, -0.25) is 4.79 Å². The second-order valence-electron chi connectivity index (χ2n) is 7.76. The van der Waals surface area contributed by atoms with E-state index in [9.17, 15) is 13.2 Å². The molecule has 0 saturated carbocycles. The minimum atomic E-state index is -3.63. The molecule has 8 nitrogen and oxygen atoms in total. The second kappa shape index (κ2) is 9.32. The van der Waals surface area contributed by atoms with Crippen LogP contribution < -0.4 is 4.90 Å². The lowest BCUT2D eigenvalue weighted by molar-refractivity contribution is 0.0746. The molecule has 1 fully saturated rings. The minimum absolute atomic E-state index is 0.148. The van der Waals surface area contributed by atoms with Gasteiger partial charge >= 0.3 is 0 Å². The molecule has 168 valence electrons. The number of hydrogen-bond acceptors (Lipinski definition) is 6. The summed E-state index contributed by atoms with van der Waals surface area (Å²) in [5, 5.41) is 0. The average molecular weight is 446 g/mol. The van der Waals surface area contributed by atoms with Crippen LogP contribution in [0.5, 0.6) is 0 Å². The second-order valence-corrected chi connectivity index (χ2v) is 9.67. The number of benzene rings is 1. The van der Waals surface area contributed by atoms with Gasteiger partial charge in [-0.2, -0.15) is 4.31 Å².